The monoisotopic (exact) mass is 140 g/mol. The van der Waals surface area contributed by atoms with E-state index in [1.165, 1.54) is 0 Å². The summed E-state index contributed by atoms with van der Waals surface area (Å²) in [5, 5.41) is 6.15. The first-order chi connectivity index (χ1) is 4.72. The van der Waals surface area contributed by atoms with Crippen LogP contribution in [0.3, 0.4) is 0 Å². The minimum absolute atomic E-state index is 0.879. The topological polar surface area (TPSA) is 24.1 Å². The lowest BCUT2D eigenvalue weighted by Crippen LogP contribution is -2.21. The summed E-state index contributed by atoms with van der Waals surface area (Å²) in [6, 6.07) is 0. The van der Waals surface area contributed by atoms with Gasteiger partial charge in [0.2, 0.25) is 0 Å². The average molecular weight is 140 g/mol. The largest absolute Gasteiger partial charge is 0.384 e. The Morgan fingerprint density at radius 1 is 1.00 bits per heavy atom. The van der Waals surface area contributed by atoms with E-state index in [1.54, 1.807) is 0 Å². The minimum atomic E-state index is 0.879. The molecule has 0 atom stereocenters. The molecule has 0 heterocycles. The van der Waals surface area contributed by atoms with Crippen LogP contribution in [0.15, 0.2) is 24.6 Å². The van der Waals surface area contributed by atoms with Gasteiger partial charge in [0, 0.05) is 24.5 Å². The van der Waals surface area contributed by atoms with Gasteiger partial charge in [-0.05, 0) is 13.8 Å². The van der Waals surface area contributed by atoms with Crippen molar-refractivity contribution in [3.8, 4) is 0 Å². The van der Waals surface area contributed by atoms with Crippen molar-refractivity contribution in [2.45, 2.75) is 13.8 Å². The smallest absolute Gasteiger partial charge is 0.0496 e. The van der Waals surface area contributed by atoms with E-state index in [-0.39, 0.29) is 0 Å². The predicted molar refractivity (Wildman–Crippen MR) is 45.6 cm³/mol. The second kappa shape index (κ2) is 4.91. The maximum atomic E-state index is 3.79. The molecule has 2 N–H and O–H groups in total. The van der Waals surface area contributed by atoms with Crippen molar-refractivity contribution in [3.05, 3.63) is 24.6 Å². The average Bonchev–Trinajstić information content (AvgIpc) is 1.89. The lowest BCUT2D eigenvalue weighted by atomic mass is 10.3. The van der Waals surface area contributed by atoms with E-state index in [0.29, 0.717) is 0 Å². The molecular weight excluding hydrogens is 124 g/mol. The van der Waals surface area contributed by atoms with E-state index in [1.807, 2.05) is 13.8 Å². The zero-order valence-corrected chi connectivity index (χ0v) is 6.83. The van der Waals surface area contributed by atoms with Crippen LogP contribution < -0.4 is 10.6 Å². The Hall–Kier alpha value is -0.920. The van der Waals surface area contributed by atoms with Crippen molar-refractivity contribution in [1.82, 2.24) is 10.6 Å². The molecule has 2 nitrogen and oxygen atoms in total. The van der Waals surface area contributed by atoms with E-state index in [4.69, 9.17) is 0 Å². The van der Waals surface area contributed by atoms with E-state index in [9.17, 15) is 0 Å². The van der Waals surface area contributed by atoms with Crippen molar-refractivity contribution in [2.75, 3.05) is 13.1 Å². The van der Waals surface area contributed by atoms with Gasteiger partial charge in [0.25, 0.3) is 0 Å². The van der Waals surface area contributed by atoms with Crippen LogP contribution >= 0.6 is 0 Å². The number of rotatable bonds is 5. The first-order valence-corrected chi connectivity index (χ1v) is 3.58. The Morgan fingerprint density at radius 3 is 1.50 bits per heavy atom. The molecule has 58 valence electrons. The zero-order chi connectivity index (χ0) is 7.98. The molecule has 0 radical (unpaired) electrons. The lowest BCUT2D eigenvalue weighted by molar-refractivity contribution is 0.795. The number of nitrogens with one attached hydrogen (secondary N) is 2. The highest BCUT2D eigenvalue weighted by Crippen LogP contribution is 1.94. The molecular formula is C8H16N2. The van der Waals surface area contributed by atoms with Gasteiger partial charge in [0.15, 0.2) is 0 Å². The standard InChI is InChI=1S/C8H16N2/c1-5-9-7(3)8(4)10-6-2/h9-10H,3-6H2,1-2H3. The minimum Gasteiger partial charge on any atom is -0.384 e. The quantitative estimate of drug-likeness (QED) is 0.561. The third kappa shape index (κ3) is 3.17. The Balaban J connectivity index is 3.60. The Morgan fingerprint density at radius 2 is 1.30 bits per heavy atom. The molecule has 10 heavy (non-hydrogen) atoms. The summed E-state index contributed by atoms with van der Waals surface area (Å²) < 4.78 is 0. The lowest BCUT2D eigenvalue weighted by Gasteiger charge is -2.10. The summed E-state index contributed by atoms with van der Waals surface area (Å²) in [6.45, 7) is 13.4. The third-order valence-corrected chi connectivity index (χ3v) is 1.14. The Kier molecular flexibility index (Phi) is 4.46. The summed E-state index contributed by atoms with van der Waals surface area (Å²) in [6.07, 6.45) is 0. The molecule has 0 aromatic heterocycles. The summed E-state index contributed by atoms with van der Waals surface area (Å²) in [4.78, 5) is 0. The van der Waals surface area contributed by atoms with Gasteiger partial charge < -0.3 is 10.6 Å². The molecule has 0 bridgehead atoms. The first kappa shape index (κ1) is 9.08. The number of hydrogen-bond acceptors (Lipinski definition) is 2. The fraction of sp³-hybridized carbons (Fsp3) is 0.500. The SMILES string of the molecule is C=C(NCC)C(=C)NCC. The molecule has 0 spiro atoms. The summed E-state index contributed by atoms with van der Waals surface area (Å²) in [5.41, 5.74) is 1.76. The van der Waals surface area contributed by atoms with Gasteiger partial charge in [0.1, 0.15) is 0 Å². The molecule has 0 aliphatic carbocycles. The molecule has 0 aliphatic rings. The maximum Gasteiger partial charge on any atom is 0.0496 e. The van der Waals surface area contributed by atoms with Crippen molar-refractivity contribution >= 4 is 0 Å². The van der Waals surface area contributed by atoms with Crippen LogP contribution in [0.5, 0.6) is 0 Å². The molecule has 0 fully saturated rings. The van der Waals surface area contributed by atoms with Crippen LogP contribution in [0.4, 0.5) is 0 Å². The molecule has 0 aromatic rings. The second-order valence-corrected chi connectivity index (χ2v) is 2.02. The van der Waals surface area contributed by atoms with Crippen LogP contribution in [0.1, 0.15) is 13.8 Å². The molecule has 0 saturated heterocycles. The van der Waals surface area contributed by atoms with Crippen molar-refractivity contribution in [2.24, 2.45) is 0 Å². The van der Waals surface area contributed by atoms with E-state index in [2.05, 4.69) is 23.8 Å². The Labute approximate surface area is 63.0 Å². The highest BCUT2D eigenvalue weighted by atomic mass is 15.0. The van der Waals surface area contributed by atoms with Crippen molar-refractivity contribution in [3.63, 3.8) is 0 Å². The summed E-state index contributed by atoms with van der Waals surface area (Å²) in [7, 11) is 0. The second-order valence-electron chi connectivity index (χ2n) is 2.02. The fourth-order valence-corrected chi connectivity index (χ4v) is 0.640. The van der Waals surface area contributed by atoms with Gasteiger partial charge in [-0.15, -0.1) is 0 Å². The maximum absolute atomic E-state index is 3.79. The first-order valence-electron chi connectivity index (χ1n) is 3.58. The Bertz CT molecular complexity index is 111. The van der Waals surface area contributed by atoms with Gasteiger partial charge in [-0.3, -0.25) is 0 Å². The van der Waals surface area contributed by atoms with Crippen LogP contribution in [0.2, 0.25) is 0 Å². The van der Waals surface area contributed by atoms with Gasteiger partial charge in [0.05, 0.1) is 0 Å². The molecule has 0 amide bonds. The highest BCUT2D eigenvalue weighted by Gasteiger charge is 1.93. The van der Waals surface area contributed by atoms with Gasteiger partial charge in [-0.1, -0.05) is 13.2 Å². The highest BCUT2D eigenvalue weighted by molar-refractivity contribution is 5.20. The molecule has 2 heteroatoms. The van der Waals surface area contributed by atoms with Gasteiger partial charge >= 0.3 is 0 Å². The van der Waals surface area contributed by atoms with E-state index < -0.39 is 0 Å². The zero-order valence-electron chi connectivity index (χ0n) is 6.83. The third-order valence-electron chi connectivity index (χ3n) is 1.14. The molecule has 0 saturated carbocycles. The molecule has 0 rings (SSSR count). The van der Waals surface area contributed by atoms with E-state index >= 15 is 0 Å². The summed E-state index contributed by atoms with van der Waals surface area (Å²) in [5.74, 6) is 0. The van der Waals surface area contributed by atoms with Crippen molar-refractivity contribution < 1.29 is 0 Å². The predicted octanol–water partition coefficient (Wildman–Crippen LogP) is 1.23. The molecule has 0 unspecified atom stereocenters. The summed E-state index contributed by atoms with van der Waals surface area (Å²) >= 11 is 0. The normalized spacial score (nSPS) is 8.60. The molecule has 0 aliphatic heterocycles. The van der Waals surface area contributed by atoms with Gasteiger partial charge in [-0.25, -0.2) is 0 Å². The number of likely N-dealkylation sites (N-methyl/N-ethyl adjacent to an activating group) is 2. The van der Waals surface area contributed by atoms with Crippen LogP contribution in [0.25, 0.3) is 0 Å². The van der Waals surface area contributed by atoms with Crippen molar-refractivity contribution in [1.29, 1.82) is 0 Å². The molecule has 0 aromatic carbocycles. The fourth-order valence-electron chi connectivity index (χ4n) is 0.640. The van der Waals surface area contributed by atoms with Crippen LogP contribution in [0, 0.1) is 0 Å². The van der Waals surface area contributed by atoms with Gasteiger partial charge in [-0.2, -0.15) is 0 Å². The van der Waals surface area contributed by atoms with Crippen LogP contribution in [-0.2, 0) is 0 Å². The van der Waals surface area contributed by atoms with E-state index in [0.717, 1.165) is 24.5 Å². The van der Waals surface area contributed by atoms with Crippen LogP contribution in [-0.4, -0.2) is 13.1 Å². The number of hydrogen-bond donors (Lipinski definition) is 2.